The highest BCUT2D eigenvalue weighted by molar-refractivity contribution is 6.01. The largest absolute Gasteiger partial charge is 0.495 e. The monoisotopic (exact) mass is 243 g/mol. The predicted molar refractivity (Wildman–Crippen MR) is 68.2 cm³/mol. The van der Waals surface area contributed by atoms with Crippen LogP contribution in [-0.4, -0.2) is 17.9 Å². The van der Waals surface area contributed by atoms with Gasteiger partial charge < -0.3 is 9.72 Å². The molecule has 1 heterocycles. The summed E-state index contributed by atoms with van der Waals surface area (Å²) in [5, 5.41) is 0.501. The highest BCUT2D eigenvalue weighted by Gasteiger charge is 2.32. The molecule has 1 aliphatic carbocycles. The van der Waals surface area contributed by atoms with Crippen LogP contribution in [0.4, 0.5) is 0 Å². The number of aromatic amines is 1. The van der Waals surface area contributed by atoms with Gasteiger partial charge in [0.25, 0.3) is 0 Å². The summed E-state index contributed by atoms with van der Waals surface area (Å²) in [5.74, 6) is 0.616. The number of rotatable bonds is 3. The normalized spacial score (nSPS) is 14.7. The summed E-state index contributed by atoms with van der Waals surface area (Å²) >= 11 is 0. The lowest BCUT2D eigenvalue weighted by molar-refractivity contribution is 0.0966. The number of ether oxygens (including phenoxy) is 1. The molecule has 4 nitrogen and oxygen atoms in total. The fourth-order valence-electron chi connectivity index (χ4n) is 2.14. The first-order valence-electron chi connectivity index (χ1n) is 5.95. The number of Topliss-reactive ketones (excluding diaryl/α,β-unsaturated/α-hetero) is 1. The Morgan fingerprint density at radius 2 is 2.17 bits per heavy atom. The molecule has 1 aliphatic rings. The van der Waals surface area contributed by atoms with Crippen LogP contribution in [0, 0.1) is 5.92 Å². The standard InChI is InChI=1S/C14H13NO3/c1-18-11-4-2-3-9-12(11)15-7-10(14(9)17)13(16)8-5-6-8/h2-4,7-8H,5-6H2,1H3,(H,15,17). The van der Waals surface area contributed by atoms with E-state index in [2.05, 4.69) is 4.98 Å². The number of hydrogen-bond donors (Lipinski definition) is 1. The first-order valence-corrected chi connectivity index (χ1v) is 5.95. The first kappa shape index (κ1) is 11.0. The minimum absolute atomic E-state index is 0.0408. The molecule has 2 aromatic rings. The van der Waals surface area contributed by atoms with Gasteiger partial charge in [0.2, 0.25) is 0 Å². The fraction of sp³-hybridized carbons (Fsp3) is 0.286. The van der Waals surface area contributed by atoms with Crippen molar-refractivity contribution in [3.05, 3.63) is 40.2 Å². The molecule has 1 saturated carbocycles. The van der Waals surface area contributed by atoms with Gasteiger partial charge in [-0.05, 0) is 25.0 Å². The van der Waals surface area contributed by atoms with Crippen LogP contribution >= 0.6 is 0 Å². The summed E-state index contributed by atoms with van der Waals surface area (Å²) in [6.45, 7) is 0. The van der Waals surface area contributed by atoms with Gasteiger partial charge in [-0.25, -0.2) is 0 Å². The molecule has 1 N–H and O–H groups in total. The highest BCUT2D eigenvalue weighted by Crippen LogP contribution is 2.32. The van der Waals surface area contributed by atoms with Gasteiger partial charge in [0.1, 0.15) is 5.75 Å². The van der Waals surface area contributed by atoms with Crippen molar-refractivity contribution in [2.45, 2.75) is 12.8 Å². The van der Waals surface area contributed by atoms with E-state index in [1.807, 2.05) is 0 Å². The van der Waals surface area contributed by atoms with Gasteiger partial charge in [-0.3, -0.25) is 9.59 Å². The molecule has 0 amide bonds. The molecule has 0 bridgehead atoms. The van der Waals surface area contributed by atoms with E-state index in [-0.39, 0.29) is 22.7 Å². The lowest BCUT2D eigenvalue weighted by Gasteiger charge is -2.06. The third-order valence-corrected chi connectivity index (χ3v) is 3.31. The van der Waals surface area contributed by atoms with Crippen molar-refractivity contribution in [3.8, 4) is 5.75 Å². The van der Waals surface area contributed by atoms with Gasteiger partial charge in [-0.15, -0.1) is 0 Å². The zero-order chi connectivity index (χ0) is 12.7. The maximum absolute atomic E-state index is 12.3. The molecule has 0 unspecified atom stereocenters. The minimum Gasteiger partial charge on any atom is -0.495 e. The number of methoxy groups -OCH3 is 1. The number of carbonyl (C=O) groups is 1. The predicted octanol–water partition coefficient (Wildman–Crippen LogP) is 2.13. The number of carbonyl (C=O) groups excluding carboxylic acids is 1. The Bertz CT molecular complexity index is 683. The van der Waals surface area contributed by atoms with Gasteiger partial charge in [-0.2, -0.15) is 0 Å². The second kappa shape index (κ2) is 3.98. The zero-order valence-corrected chi connectivity index (χ0v) is 10.0. The zero-order valence-electron chi connectivity index (χ0n) is 10.0. The lowest BCUT2D eigenvalue weighted by atomic mass is 10.1. The van der Waals surface area contributed by atoms with E-state index in [1.165, 1.54) is 6.20 Å². The molecule has 1 aromatic heterocycles. The van der Waals surface area contributed by atoms with Crippen LogP contribution in [-0.2, 0) is 0 Å². The molecule has 18 heavy (non-hydrogen) atoms. The first-order chi connectivity index (χ1) is 8.72. The van der Waals surface area contributed by atoms with E-state index in [1.54, 1.807) is 25.3 Å². The van der Waals surface area contributed by atoms with Crippen molar-refractivity contribution < 1.29 is 9.53 Å². The topological polar surface area (TPSA) is 59.2 Å². The van der Waals surface area contributed by atoms with Crippen LogP contribution in [0.1, 0.15) is 23.2 Å². The Morgan fingerprint density at radius 1 is 1.39 bits per heavy atom. The van der Waals surface area contributed by atoms with Crippen LogP contribution in [0.3, 0.4) is 0 Å². The summed E-state index contributed by atoms with van der Waals surface area (Å²) < 4.78 is 5.19. The van der Waals surface area contributed by atoms with E-state index >= 15 is 0 Å². The molecule has 0 radical (unpaired) electrons. The number of H-pyrrole nitrogens is 1. The molecule has 3 rings (SSSR count). The SMILES string of the molecule is COc1cccc2c(=O)c(C(=O)C3CC3)c[nH]c12. The van der Waals surface area contributed by atoms with Crippen LogP contribution in [0.25, 0.3) is 10.9 Å². The Kier molecular flexibility index (Phi) is 2.44. The van der Waals surface area contributed by atoms with Crippen molar-refractivity contribution in [1.82, 2.24) is 4.98 Å². The molecule has 0 atom stereocenters. The van der Waals surface area contributed by atoms with E-state index in [4.69, 9.17) is 4.74 Å². The Labute approximate surface area is 104 Å². The number of para-hydroxylation sites is 1. The summed E-state index contributed by atoms with van der Waals surface area (Å²) in [6.07, 6.45) is 3.30. The average Bonchev–Trinajstić information content (AvgIpc) is 3.22. The Hall–Kier alpha value is -2.10. The molecule has 0 aliphatic heterocycles. The third-order valence-electron chi connectivity index (χ3n) is 3.31. The van der Waals surface area contributed by atoms with Crippen molar-refractivity contribution in [2.24, 2.45) is 5.92 Å². The lowest BCUT2D eigenvalue weighted by Crippen LogP contribution is -2.17. The van der Waals surface area contributed by atoms with Crippen LogP contribution in [0.15, 0.2) is 29.2 Å². The van der Waals surface area contributed by atoms with Gasteiger partial charge in [0, 0.05) is 12.1 Å². The van der Waals surface area contributed by atoms with Gasteiger partial charge in [-0.1, -0.05) is 6.07 Å². The van der Waals surface area contributed by atoms with Gasteiger partial charge >= 0.3 is 0 Å². The quantitative estimate of drug-likeness (QED) is 0.840. The van der Waals surface area contributed by atoms with Crippen LogP contribution < -0.4 is 10.2 Å². The number of fused-ring (bicyclic) bond motifs is 1. The summed E-state index contributed by atoms with van der Waals surface area (Å²) in [7, 11) is 1.55. The smallest absolute Gasteiger partial charge is 0.200 e. The maximum atomic E-state index is 12.3. The van der Waals surface area contributed by atoms with Gasteiger partial charge in [0.05, 0.1) is 23.6 Å². The van der Waals surface area contributed by atoms with E-state index < -0.39 is 0 Å². The molecule has 4 heteroatoms. The number of benzene rings is 1. The molecule has 1 aromatic carbocycles. The van der Waals surface area contributed by atoms with Crippen LogP contribution in [0.2, 0.25) is 0 Å². The number of pyridine rings is 1. The van der Waals surface area contributed by atoms with Crippen molar-refractivity contribution in [1.29, 1.82) is 0 Å². The van der Waals surface area contributed by atoms with E-state index in [0.29, 0.717) is 16.7 Å². The van der Waals surface area contributed by atoms with Crippen molar-refractivity contribution >= 4 is 16.7 Å². The summed E-state index contributed by atoms with van der Waals surface area (Å²) in [4.78, 5) is 27.2. The highest BCUT2D eigenvalue weighted by atomic mass is 16.5. The van der Waals surface area contributed by atoms with Crippen LogP contribution in [0.5, 0.6) is 5.75 Å². The number of hydrogen-bond acceptors (Lipinski definition) is 3. The molecule has 0 spiro atoms. The van der Waals surface area contributed by atoms with E-state index in [9.17, 15) is 9.59 Å². The summed E-state index contributed by atoms with van der Waals surface area (Å²) in [6, 6.07) is 5.24. The van der Waals surface area contributed by atoms with Crippen molar-refractivity contribution in [2.75, 3.05) is 7.11 Å². The Balaban J connectivity index is 2.23. The summed E-state index contributed by atoms with van der Waals surface area (Å²) in [5.41, 5.74) is 0.690. The average molecular weight is 243 g/mol. The maximum Gasteiger partial charge on any atom is 0.200 e. The molecular weight excluding hydrogens is 230 g/mol. The number of ketones is 1. The molecule has 0 saturated heterocycles. The molecular formula is C14H13NO3. The molecule has 92 valence electrons. The molecule has 1 fully saturated rings. The van der Waals surface area contributed by atoms with E-state index in [0.717, 1.165) is 12.8 Å². The third kappa shape index (κ3) is 1.61. The number of nitrogens with one attached hydrogen (secondary N) is 1. The van der Waals surface area contributed by atoms with Crippen molar-refractivity contribution in [3.63, 3.8) is 0 Å². The Morgan fingerprint density at radius 3 is 2.83 bits per heavy atom. The van der Waals surface area contributed by atoms with Gasteiger partial charge in [0.15, 0.2) is 11.2 Å². The second-order valence-corrected chi connectivity index (χ2v) is 4.55. The number of aromatic nitrogens is 1. The fourth-order valence-corrected chi connectivity index (χ4v) is 2.14. The minimum atomic E-state index is -0.209. The second-order valence-electron chi connectivity index (χ2n) is 4.55.